The number of aliphatic imine (C=N–C) groups is 1. The maximum absolute atomic E-state index is 11.8. The van der Waals surface area contributed by atoms with Crippen LogP contribution in [0.5, 0.6) is 0 Å². The molecule has 1 aromatic heterocycles. The minimum Gasteiger partial charge on any atom is -0.359 e. The first kappa shape index (κ1) is 22.9. The molecule has 1 aromatic rings. The number of anilines is 1. The van der Waals surface area contributed by atoms with Gasteiger partial charge in [-0.1, -0.05) is 0 Å². The fourth-order valence-corrected chi connectivity index (χ4v) is 2.55. The minimum absolute atomic E-state index is 0. The van der Waals surface area contributed by atoms with Crippen LogP contribution in [-0.2, 0) is 11.3 Å². The fourth-order valence-electron chi connectivity index (χ4n) is 1.80. The molecule has 0 aliphatic carbocycles. The van der Waals surface area contributed by atoms with E-state index in [-0.39, 0.29) is 29.9 Å². The van der Waals surface area contributed by atoms with Gasteiger partial charge in [-0.25, -0.2) is 9.98 Å². The number of thiazole rings is 1. The van der Waals surface area contributed by atoms with Gasteiger partial charge in [-0.2, -0.15) is 0 Å². The topological polar surface area (TPSA) is 81.7 Å². The molecule has 0 bridgehead atoms. The van der Waals surface area contributed by atoms with Crippen LogP contribution in [-0.4, -0.2) is 51.1 Å². The van der Waals surface area contributed by atoms with E-state index >= 15 is 0 Å². The SMILES string of the molecule is CCNC(=NCc1csc(N(C)C)n1)NCC(C)(C)C(=O)NC.I. The third-order valence-electron chi connectivity index (χ3n) is 3.21. The van der Waals surface area contributed by atoms with Gasteiger partial charge in [0.25, 0.3) is 0 Å². The highest BCUT2D eigenvalue weighted by Gasteiger charge is 2.26. The molecule has 3 N–H and O–H groups in total. The Morgan fingerprint density at radius 2 is 2.04 bits per heavy atom. The quantitative estimate of drug-likeness (QED) is 0.322. The van der Waals surface area contributed by atoms with Gasteiger partial charge in [0, 0.05) is 39.6 Å². The van der Waals surface area contributed by atoms with Gasteiger partial charge in [0.2, 0.25) is 5.91 Å². The second-order valence-corrected chi connectivity index (χ2v) is 6.86. The predicted octanol–water partition coefficient (Wildman–Crippen LogP) is 1.65. The van der Waals surface area contributed by atoms with E-state index in [1.807, 2.05) is 45.1 Å². The minimum atomic E-state index is -0.510. The molecule has 0 saturated heterocycles. The number of guanidine groups is 1. The summed E-state index contributed by atoms with van der Waals surface area (Å²) < 4.78 is 0. The van der Waals surface area contributed by atoms with Crippen molar-refractivity contribution in [1.29, 1.82) is 0 Å². The summed E-state index contributed by atoms with van der Waals surface area (Å²) in [6.45, 7) is 7.55. The summed E-state index contributed by atoms with van der Waals surface area (Å²) in [6.07, 6.45) is 0. The van der Waals surface area contributed by atoms with Crippen molar-refractivity contribution >= 4 is 52.3 Å². The number of amides is 1. The van der Waals surface area contributed by atoms with Gasteiger partial charge in [0.05, 0.1) is 17.7 Å². The molecule has 9 heteroatoms. The summed E-state index contributed by atoms with van der Waals surface area (Å²) in [7, 11) is 5.59. The van der Waals surface area contributed by atoms with E-state index in [1.54, 1.807) is 18.4 Å². The van der Waals surface area contributed by atoms with Crippen LogP contribution < -0.4 is 20.9 Å². The highest BCUT2D eigenvalue weighted by Crippen LogP contribution is 2.18. The zero-order valence-corrected chi connectivity index (χ0v) is 18.4. The highest BCUT2D eigenvalue weighted by molar-refractivity contribution is 14.0. The molecule has 0 fully saturated rings. The fraction of sp³-hybridized carbons (Fsp3) is 0.667. The molecule has 0 aliphatic rings. The second kappa shape index (κ2) is 10.7. The molecule has 138 valence electrons. The average Bonchev–Trinajstić information content (AvgIpc) is 2.98. The Bertz CT molecular complexity index is 544. The van der Waals surface area contributed by atoms with E-state index in [0.29, 0.717) is 19.0 Å². The lowest BCUT2D eigenvalue weighted by molar-refractivity contribution is -0.128. The van der Waals surface area contributed by atoms with Gasteiger partial charge >= 0.3 is 0 Å². The van der Waals surface area contributed by atoms with E-state index in [0.717, 1.165) is 17.4 Å². The third kappa shape index (κ3) is 7.20. The number of rotatable bonds is 7. The van der Waals surface area contributed by atoms with E-state index in [2.05, 4.69) is 25.9 Å². The molecule has 1 heterocycles. The number of hydrogen-bond acceptors (Lipinski definition) is 5. The predicted molar refractivity (Wildman–Crippen MR) is 113 cm³/mol. The lowest BCUT2D eigenvalue weighted by Gasteiger charge is -2.24. The Hall–Kier alpha value is -1.10. The number of halogens is 1. The maximum atomic E-state index is 11.8. The Kier molecular flexibility index (Phi) is 10.2. The molecular weight excluding hydrogens is 439 g/mol. The number of nitrogens with one attached hydrogen (secondary N) is 3. The Balaban J connectivity index is 0.00000529. The molecule has 7 nitrogen and oxygen atoms in total. The van der Waals surface area contributed by atoms with Gasteiger partial charge in [0.1, 0.15) is 0 Å². The second-order valence-electron chi connectivity index (χ2n) is 6.03. The van der Waals surface area contributed by atoms with Crippen molar-refractivity contribution in [1.82, 2.24) is 20.9 Å². The van der Waals surface area contributed by atoms with Gasteiger partial charge < -0.3 is 20.9 Å². The maximum Gasteiger partial charge on any atom is 0.227 e. The van der Waals surface area contributed by atoms with E-state index in [1.165, 1.54) is 0 Å². The third-order valence-corrected chi connectivity index (χ3v) is 4.26. The molecule has 0 atom stereocenters. The van der Waals surface area contributed by atoms with Crippen LogP contribution >= 0.6 is 35.3 Å². The molecule has 24 heavy (non-hydrogen) atoms. The Morgan fingerprint density at radius 1 is 1.38 bits per heavy atom. The van der Waals surface area contributed by atoms with Crippen molar-refractivity contribution in [2.24, 2.45) is 10.4 Å². The number of aromatic nitrogens is 1. The highest BCUT2D eigenvalue weighted by atomic mass is 127. The zero-order valence-electron chi connectivity index (χ0n) is 15.3. The van der Waals surface area contributed by atoms with Crippen LogP contribution in [0.4, 0.5) is 5.13 Å². The summed E-state index contributed by atoms with van der Waals surface area (Å²) in [5.41, 5.74) is 0.422. The summed E-state index contributed by atoms with van der Waals surface area (Å²) in [5.74, 6) is 0.680. The monoisotopic (exact) mass is 468 g/mol. The van der Waals surface area contributed by atoms with Crippen LogP contribution in [0.15, 0.2) is 10.4 Å². The summed E-state index contributed by atoms with van der Waals surface area (Å²) in [5, 5.41) is 12.1. The smallest absolute Gasteiger partial charge is 0.227 e. The molecule has 0 aliphatic heterocycles. The van der Waals surface area contributed by atoms with Gasteiger partial charge in [-0.05, 0) is 20.8 Å². The normalized spacial score (nSPS) is 11.5. The molecule has 0 radical (unpaired) electrons. The average molecular weight is 468 g/mol. The molecular formula is C15H29IN6OS. The molecule has 1 amide bonds. The molecule has 0 unspecified atom stereocenters. The number of hydrogen-bond donors (Lipinski definition) is 3. The summed E-state index contributed by atoms with van der Waals surface area (Å²) >= 11 is 1.60. The summed E-state index contributed by atoms with van der Waals surface area (Å²) in [4.78, 5) is 22.8. The van der Waals surface area contributed by atoms with E-state index in [9.17, 15) is 4.79 Å². The number of carbonyl (C=O) groups is 1. The van der Waals surface area contributed by atoms with Crippen LogP contribution in [0.2, 0.25) is 0 Å². The zero-order chi connectivity index (χ0) is 17.5. The standard InChI is InChI=1S/C15H28N6OS.HI/c1-7-17-13(19-10-15(2,3)12(22)16-4)18-8-11-9-23-14(20-11)21(5)6;/h9H,7-8,10H2,1-6H3,(H,16,22)(H2,17,18,19);1H. The van der Waals surface area contributed by atoms with Crippen LogP contribution in [0.3, 0.4) is 0 Å². The number of carbonyl (C=O) groups excluding carboxylic acids is 1. The Labute approximate surface area is 165 Å². The van der Waals surface area contributed by atoms with Crippen molar-refractivity contribution in [3.05, 3.63) is 11.1 Å². The molecule has 1 rings (SSSR count). The van der Waals surface area contributed by atoms with Crippen molar-refractivity contribution in [2.45, 2.75) is 27.3 Å². The van der Waals surface area contributed by atoms with Crippen LogP contribution in [0.25, 0.3) is 0 Å². The van der Waals surface area contributed by atoms with Crippen molar-refractivity contribution in [3.63, 3.8) is 0 Å². The number of nitrogens with zero attached hydrogens (tertiary/aromatic N) is 3. The van der Waals surface area contributed by atoms with E-state index in [4.69, 9.17) is 0 Å². The van der Waals surface area contributed by atoms with Gasteiger partial charge in [0.15, 0.2) is 11.1 Å². The lowest BCUT2D eigenvalue weighted by atomic mass is 9.92. The van der Waals surface area contributed by atoms with Crippen LogP contribution in [0, 0.1) is 5.41 Å². The lowest BCUT2D eigenvalue weighted by Crippen LogP contribution is -2.47. The Morgan fingerprint density at radius 3 is 2.54 bits per heavy atom. The first-order chi connectivity index (χ1) is 10.8. The molecule has 0 saturated carbocycles. The summed E-state index contributed by atoms with van der Waals surface area (Å²) in [6, 6.07) is 0. The van der Waals surface area contributed by atoms with Gasteiger partial charge in [-0.15, -0.1) is 35.3 Å². The van der Waals surface area contributed by atoms with Crippen molar-refractivity contribution < 1.29 is 4.79 Å². The first-order valence-corrected chi connectivity index (χ1v) is 8.54. The van der Waals surface area contributed by atoms with E-state index < -0.39 is 5.41 Å². The molecule has 0 spiro atoms. The van der Waals surface area contributed by atoms with Crippen LogP contribution in [0.1, 0.15) is 26.5 Å². The van der Waals surface area contributed by atoms with Gasteiger partial charge in [-0.3, -0.25) is 4.79 Å². The van der Waals surface area contributed by atoms with Crippen molar-refractivity contribution in [3.8, 4) is 0 Å². The molecule has 0 aromatic carbocycles. The van der Waals surface area contributed by atoms with Crippen molar-refractivity contribution in [2.75, 3.05) is 39.1 Å². The first-order valence-electron chi connectivity index (χ1n) is 7.66. The largest absolute Gasteiger partial charge is 0.359 e.